The molecule has 0 saturated heterocycles. The molecule has 118 valence electrons. The number of hydrogen-bond acceptors (Lipinski definition) is 4. The molecule has 0 bridgehead atoms. The fourth-order valence-electron chi connectivity index (χ4n) is 2.00. The van der Waals surface area contributed by atoms with Crippen LogP contribution in [0.15, 0.2) is 24.4 Å². The smallest absolute Gasteiger partial charge is 0.268 e. The summed E-state index contributed by atoms with van der Waals surface area (Å²) in [7, 11) is 4.65. The molecule has 0 atom stereocenters. The van der Waals surface area contributed by atoms with Gasteiger partial charge >= 0.3 is 0 Å². The number of hydrogen-bond donors (Lipinski definition) is 2. The van der Waals surface area contributed by atoms with Gasteiger partial charge in [-0.2, -0.15) is 0 Å². The van der Waals surface area contributed by atoms with Crippen molar-refractivity contribution >= 4 is 17.5 Å². The number of carbonyl (C=O) groups is 1. The van der Waals surface area contributed by atoms with Crippen LogP contribution in [0.5, 0.6) is 17.2 Å². The number of amides is 1. The van der Waals surface area contributed by atoms with Crippen LogP contribution < -0.4 is 19.5 Å². The van der Waals surface area contributed by atoms with E-state index < -0.39 is 0 Å². The minimum absolute atomic E-state index is 0.260. The summed E-state index contributed by atoms with van der Waals surface area (Å²) in [4.78, 5) is 14.8. The third kappa shape index (κ3) is 3.46. The van der Waals surface area contributed by atoms with Gasteiger partial charge in [-0.15, -0.1) is 0 Å². The number of aromatic nitrogens is 1. The van der Waals surface area contributed by atoms with Gasteiger partial charge in [0.05, 0.1) is 26.4 Å². The van der Waals surface area contributed by atoms with E-state index in [1.807, 2.05) is 0 Å². The van der Waals surface area contributed by atoms with Crippen LogP contribution in [0.25, 0.3) is 0 Å². The molecular formula is C15H17ClN2O4. The first-order chi connectivity index (χ1) is 10.6. The molecule has 0 saturated carbocycles. The lowest BCUT2D eigenvalue weighted by molar-refractivity contribution is 0.0946. The molecule has 2 aromatic rings. The fourth-order valence-corrected chi connectivity index (χ4v) is 2.16. The van der Waals surface area contributed by atoms with Crippen LogP contribution in [0.1, 0.15) is 16.1 Å². The maximum Gasteiger partial charge on any atom is 0.268 e. The number of H-pyrrole nitrogens is 1. The second kappa shape index (κ2) is 7.09. The molecule has 0 spiro atoms. The van der Waals surface area contributed by atoms with Crippen molar-refractivity contribution in [2.75, 3.05) is 21.3 Å². The number of ether oxygens (including phenoxy) is 3. The van der Waals surface area contributed by atoms with Gasteiger partial charge in [0.1, 0.15) is 11.4 Å². The number of methoxy groups -OCH3 is 3. The molecule has 1 heterocycles. The quantitative estimate of drug-likeness (QED) is 0.856. The Bertz CT molecular complexity index is 670. The molecule has 0 radical (unpaired) electrons. The lowest BCUT2D eigenvalue weighted by Crippen LogP contribution is -2.23. The van der Waals surface area contributed by atoms with Crippen molar-refractivity contribution in [2.45, 2.75) is 6.54 Å². The van der Waals surface area contributed by atoms with E-state index >= 15 is 0 Å². The van der Waals surface area contributed by atoms with Crippen molar-refractivity contribution in [1.82, 2.24) is 10.3 Å². The normalized spacial score (nSPS) is 10.2. The topological polar surface area (TPSA) is 72.6 Å². The van der Waals surface area contributed by atoms with E-state index in [9.17, 15) is 4.79 Å². The van der Waals surface area contributed by atoms with E-state index in [2.05, 4.69) is 10.3 Å². The molecule has 2 N–H and O–H groups in total. The average Bonchev–Trinajstić information content (AvgIpc) is 2.98. The molecule has 2 rings (SSSR count). The first-order valence-corrected chi connectivity index (χ1v) is 6.87. The average molecular weight is 325 g/mol. The Hall–Kier alpha value is -2.34. The lowest BCUT2D eigenvalue weighted by atomic mass is 10.1. The van der Waals surface area contributed by atoms with Crippen LogP contribution in [-0.4, -0.2) is 32.2 Å². The molecule has 0 unspecified atom stereocenters. The van der Waals surface area contributed by atoms with E-state index in [1.54, 1.807) is 45.7 Å². The minimum Gasteiger partial charge on any atom is -0.496 e. The third-order valence-corrected chi connectivity index (χ3v) is 3.34. The zero-order chi connectivity index (χ0) is 16.1. The second-order valence-corrected chi connectivity index (χ2v) is 4.87. The summed E-state index contributed by atoms with van der Waals surface area (Å²) in [5.74, 6) is 1.47. The highest BCUT2D eigenvalue weighted by Crippen LogP contribution is 2.34. The van der Waals surface area contributed by atoms with Gasteiger partial charge in [-0.05, 0) is 12.1 Å². The fraction of sp³-hybridized carbons (Fsp3) is 0.267. The number of aromatic amines is 1. The Kier molecular flexibility index (Phi) is 5.16. The van der Waals surface area contributed by atoms with Crippen LogP contribution >= 0.6 is 11.6 Å². The second-order valence-electron chi connectivity index (χ2n) is 4.43. The summed E-state index contributed by atoms with van der Waals surface area (Å²) in [6.07, 6.45) is 1.55. The summed E-state index contributed by atoms with van der Waals surface area (Å²) in [6.45, 7) is 0.277. The number of benzene rings is 1. The zero-order valence-corrected chi connectivity index (χ0v) is 13.3. The van der Waals surface area contributed by atoms with Crippen molar-refractivity contribution in [1.29, 1.82) is 0 Å². The Morgan fingerprint density at radius 1 is 1.09 bits per heavy atom. The van der Waals surface area contributed by atoms with E-state index in [0.717, 1.165) is 5.56 Å². The Morgan fingerprint density at radius 3 is 2.27 bits per heavy atom. The molecule has 1 amide bonds. The van der Waals surface area contributed by atoms with Gasteiger partial charge in [0.25, 0.3) is 5.91 Å². The summed E-state index contributed by atoms with van der Waals surface area (Å²) < 4.78 is 15.8. The van der Waals surface area contributed by atoms with Crippen molar-refractivity contribution in [2.24, 2.45) is 0 Å². The highest BCUT2D eigenvalue weighted by Gasteiger charge is 2.14. The minimum atomic E-state index is -0.260. The van der Waals surface area contributed by atoms with Crippen LogP contribution in [0.3, 0.4) is 0 Å². The van der Waals surface area contributed by atoms with Crippen molar-refractivity contribution in [3.05, 3.63) is 40.7 Å². The molecule has 22 heavy (non-hydrogen) atoms. The molecule has 6 nitrogen and oxygen atoms in total. The number of rotatable bonds is 6. The predicted molar refractivity (Wildman–Crippen MR) is 83.1 cm³/mol. The first-order valence-electron chi connectivity index (χ1n) is 6.50. The Morgan fingerprint density at radius 2 is 1.73 bits per heavy atom. The highest BCUT2D eigenvalue weighted by molar-refractivity contribution is 6.30. The van der Waals surface area contributed by atoms with Gasteiger partial charge in [0.2, 0.25) is 0 Å². The van der Waals surface area contributed by atoms with Gasteiger partial charge in [0.15, 0.2) is 11.5 Å². The predicted octanol–water partition coefficient (Wildman–Crippen LogP) is 2.62. The molecule has 1 aromatic carbocycles. The van der Waals surface area contributed by atoms with Crippen molar-refractivity contribution < 1.29 is 19.0 Å². The maximum atomic E-state index is 12.0. The SMILES string of the molecule is COc1cc(OC)c(OC)cc1CNC(=O)c1cc(Cl)c[nH]1. The summed E-state index contributed by atoms with van der Waals surface area (Å²) in [6, 6.07) is 5.04. The van der Waals surface area contributed by atoms with Crippen molar-refractivity contribution in [3.63, 3.8) is 0 Å². The zero-order valence-electron chi connectivity index (χ0n) is 12.5. The van der Waals surface area contributed by atoms with E-state index in [4.69, 9.17) is 25.8 Å². The molecule has 0 aliphatic heterocycles. The maximum absolute atomic E-state index is 12.0. The molecule has 1 aromatic heterocycles. The third-order valence-electron chi connectivity index (χ3n) is 3.12. The standard InChI is InChI=1S/C15H17ClN2O4/c1-20-12-6-14(22-3)13(21-2)4-9(12)7-18-15(19)11-5-10(16)8-17-11/h4-6,8,17H,7H2,1-3H3,(H,18,19). The van der Waals surface area contributed by atoms with Crippen LogP contribution in [0, 0.1) is 0 Å². The summed E-state index contributed by atoms with van der Waals surface area (Å²) in [5, 5.41) is 3.27. The summed E-state index contributed by atoms with van der Waals surface area (Å²) in [5.41, 5.74) is 1.16. The number of carbonyl (C=O) groups excluding carboxylic acids is 1. The Labute approximate surface area is 133 Å². The van der Waals surface area contributed by atoms with Gasteiger partial charge in [0, 0.05) is 24.4 Å². The summed E-state index contributed by atoms with van der Waals surface area (Å²) >= 11 is 5.78. The van der Waals surface area contributed by atoms with E-state index in [0.29, 0.717) is 28.0 Å². The van der Waals surface area contributed by atoms with Crippen LogP contribution in [-0.2, 0) is 6.54 Å². The first kappa shape index (κ1) is 16.0. The highest BCUT2D eigenvalue weighted by atomic mass is 35.5. The van der Waals surface area contributed by atoms with E-state index in [1.165, 1.54) is 0 Å². The van der Waals surface area contributed by atoms with Crippen LogP contribution in [0.4, 0.5) is 0 Å². The van der Waals surface area contributed by atoms with Gasteiger partial charge in [-0.25, -0.2) is 0 Å². The van der Waals surface area contributed by atoms with Gasteiger partial charge < -0.3 is 24.5 Å². The number of nitrogens with one attached hydrogen (secondary N) is 2. The molecule has 0 aliphatic rings. The molecule has 0 fully saturated rings. The lowest BCUT2D eigenvalue weighted by Gasteiger charge is -2.14. The van der Waals surface area contributed by atoms with Crippen molar-refractivity contribution in [3.8, 4) is 17.2 Å². The monoisotopic (exact) mass is 324 g/mol. The number of halogens is 1. The Balaban J connectivity index is 2.16. The van der Waals surface area contributed by atoms with Crippen LogP contribution in [0.2, 0.25) is 5.02 Å². The molecule has 7 heteroatoms. The van der Waals surface area contributed by atoms with Gasteiger partial charge in [-0.1, -0.05) is 11.6 Å². The molecular weight excluding hydrogens is 308 g/mol. The molecule has 0 aliphatic carbocycles. The van der Waals surface area contributed by atoms with Gasteiger partial charge in [-0.3, -0.25) is 4.79 Å². The largest absolute Gasteiger partial charge is 0.496 e. The van der Waals surface area contributed by atoms with E-state index in [-0.39, 0.29) is 12.5 Å².